The molecule has 0 radical (unpaired) electrons. The van der Waals surface area contributed by atoms with Crippen molar-refractivity contribution in [3.63, 3.8) is 0 Å². The lowest BCUT2D eigenvalue weighted by molar-refractivity contribution is -0.0158. The lowest BCUT2D eigenvalue weighted by Gasteiger charge is -2.49. The van der Waals surface area contributed by atoms with E-state index >= 15 is 0 Å². The van der Waals surface area contributed by atoms with Crippen molar-refractivity contribution in [2.75, 3.05) is 0 Å². The Balaban J connectivity index is 1.46. The minimum absolute atomic E-state index is 0.0330. The summed E-state index contributed by atoms with van der Waals surface area (Å²) in [6.45, 7) is 5.26. The molecule has 0 amide bonds. The zero-order chi connectivity index (χ0) is 19.5. The first-order chi connectivity index (χ1) is 13.5. The van der Waals surface area contributed by atoms with Gasteiger partial charge in [0, 0.05) is 18.2 Å². The highest BCUT2D eigenvalue weighted by Crippen LogP contribution is 2.62. The van der Waals surface area contributed by atoms with Crippen LogP contribution in [0.4, 0.5) is 0 Å². The lowest BCUT2D eigenvalue weighted by Crippen LogP contribution is -2.44. The minimum atomic E-state index is -0.369. The van der Waals surface area contributed by atoms with Crippen LogP contribution in [-0.4, -0.2) is 26.1 Å². The van der Waals surface area contributed by atoms with Crippen LogP contribution in [0.1, 0.15) is 62.3 Å². The number of fused-ring (bicyclic) bond motifs is 5. The van der Waals surface area contributed by atoms with E-state index in [-0.39, 0.29) is 11.5 Å². The van der Waals surface area contributed by atoms with Crippen molar-refractivity contribution in [2.24, 2.45) is 17.3 Å². The Kier molecular flexibility index (Phi) is 4.16. The molecule has 0 saturated heterocycles. The second kappa shape index (κ2) is 6.48. The van der Waals surface area contributed by atoms with Crippen LogP contribution in [0.2, 0.25) is 0 Å². The zero-order valence-electron chi connectivity index (χ0n) is 16.8. The SMILES string of the molecule is CCn1ccc(C=C2CC3C4CCc5cc(O)ccc5C4CCC3(C)C2O)n1. The van der Waals surface area contributed by atoms with Crippen molar-refractivity contribution in [2.45, 2.75) is 64.5 Å². The summed E-state index contributed by atoms with van der Waals surface area (Å²) in [4.78, 5) is 0. The van der Waals surface area contributed by atoms with E-state index in [1.54, 1.807) is 0 Å². The highest BCUT2D eigenvalue weighted by atomic mass is 16.3. The number of phenols is 1. The Bertz CT molecular complexity index is 930. The van der Waals surface area contributed by atoms with Crippen molar-refractivity contribution < 1.29 is 10.2 Å². The standard InChI is InChI=1S/C24H30N2O2/c1-3-26-11-9-17(25-26)12-16-14-22-21-6-4-15-13-18(27)5-7-19(15)20(21)8-10-24(22,2)23(16)28/h5,7,9,11-13,20-23,27-28H,3-4,6,8,10,14H2,1-2H3. The molecule has 3 aliphatic rings. The molecule has 0 aliphatic heterocycles. The van der Waals surface area contributed by atoms with Crippen molar-refractivity contribution in [1.82, 2.24) is 9.78 Å². The van der Waals surface area contributed by atoms with Crippen molar-refractivity contribution >= 4 is 6.08 Å². The van der Waals surface area contributed by atoms with Crippen molar-refractivity contribution in [3.05, 3.63) is 52.9 Å². The second-order valence-corrected chi connectivity index (χ2v) is 9.27. The number of aliphatic hydroxyl groups excluding tert-OH is 1. The first-order valence-electron chi connectivity index (χ1n) is 10.7. The van der Waals surface area contributed by atoms with Gasteiger partial charge in [0.1, 0.15) is 5.75 Å². The topological polar surface area (TPSA) is 58.3 Å². The van der Waals surface area contributed by atoms with Crippen LogP contribution in [-0.2, 0) is 13.0 Å². The lowest BCUT2D eigenvalue weighted by atomic mass is 9.55. The zero-order valence-corrected chi connectivity index (χ0v) is 16.8. The van der Waals surface area contributed by atoms with Crippen LogP contribution < -0.4 is 0 Å². The number of aryl methyl sites for hydroxylation is 2. The highest BCUT2D eigenvalue weighted by Gasteiger charge is 2.56. The van der Waals surface area contributed by atoms with Gasteiger partial charge in [0.15, 0.2) is 0 Å². The average molecular weight is 379 g/mol. The van der Waals surface area contributed by atoms with E-state index in [4.69, 9.17) is 0 Å². The summed E-state index contributed by atoms with van der Waals surface area (Å²) in [5, 5.41) is 25.7. The van der Waals surface area contributed by atoms with Gasteiger partial charge in [-0.2, -0.15) is 5.10 Å². The molecule has 28 heavy (non-hydrogen) atoms. The van der Waals surface area contributed by atoms with Crippen LogP contribution in [0.3, 0.4) is 0 Å². The maximum Gasteiger partial charge on any atom is 0.115 e. The third-order valence-corrected chi connectivity index (χ3v) is 7.90. The fourth-order valence-corrected chi connectivity index (χ4v) is 6.39. The Morgan fingerprint density at radius 2 is 2.14 bits per heavy atom. The van der Waals surface area contributed by atoms with Gasteiger partial charge < -0.3 is 10.2 Å². The van der Waals surface area contributed by atoms with Gasteiger partial charge in [0.25, 0.3) is 0 Å². The predicted octanol–water partition coefficient (Wildman–Crippen LogP) is 4.52. The normalized spacial score (nSPS) is 35.5. The molecule has 4 nitrogen and oxygen atoms in total. The molecule has 2 aromatic rings. The number of phenolic OH excluding ortho intramolecular Hbond substituents is 1. The number of hydrogen-bond donors (Lipinski definition) is 2. The number of nitrogens with zero attached hydrogens (tertiary/aromatic N) is 2. The maximum absolute atomic E-state index is 11.3. The summed E-state index contributed by atoms with van der Waals surface area (Å²) in [5.74, 6) is 2.08. The largest absolute Gasteiger partial charge is 0.508 e. The summed E-state index contributed by atoms with van der Waals surface area (Å²) in [5.41, 5.74) is 4.84. The fraction of sp³-hybridized carbons (Fsp3) is 0.542. The van der Waals surface area contributed by atoms with Gasteiger partial charge in [-0.25, -0.2) is 0 Å². The van der Waals surface area contributed by atoms with E-state index in [1.165, 1.54) is 11.1 Å². The van der Waals surface area contributed by atoms with E-state index < -0.39 is 0 Å². The van der Waals surface area contributed by atoms with Crippen molar-refractivity contribution in [1.29, 1.82) is 0 Å². The smallest absolute Gasteiger partial charge is 0.115 e. The number of aromatic hydroxyl groups is 1. The molecule has 1 aromatic heterocycles. The molecule has 148 valence electrons. The van der Waals surface area contributed by atoms with Gasteiger partial charge in [-0.1, -0.05) is 13.0 Å². The molecule has 2 fully saturated rings. The fourth-order valence-electron chi connectivity index (χ4n) is 6.39. The van der Waals surface area contributed by atoms with E-state index in [1.807, 2.05) is 29.1 Å². The molecule has 5 rings (SSSR count). The molecule has 2 N–H and O–H groups in total. The second-order valence-electron chi connectivity index (χ2n) is 9.27. The number of aliphatic hydroxyl groups is 1. The molecule has 1 heterocycles. The number of hydrogen-bond acceptors (Lipinski definition) is 3. The summed E-state index contributed by atoms with van der Waals surface area (Å²) >= 11 is 0. The van der Waals surface area contributed by atoms with Gasteiger partial charge in [0.2, 0.25) is 0 Å². The molecule has 0 bridgehead atoms. The van der Waals surface area contributed by atoms with Gasteiger partial charge >= 0.3 is 0 Å². The average Bonchev–Trinajstić information content (AvgIpc) is 3.25. The molecule has 1 aromatic carbocycles. The summed E-state index contributed by atoms with van der Waals surface area (Å²) in [6.07, 6.45) is 9.12. The van der Waals surface area contributed by atoms with Gasteiger partial charge in [-0.3, -0.25) is 4.68 Å². The monoisotopic (exact) mass is 378 g/mol. The van der Waals surface area contributed by atoms with E-state index in [9.17, 15) is 10.2 Å². The molecule has 4 heteroatoms. The number of aromatic nitrogens is 2. The Hall–Kier alpha value is -2.07. The predicted molar refractivity (Wildman–Crippen MR) is 110 cm³/mol. The summed E-state index contributed by atoms with van der Waals surface area (Å²) in [7, 11) is 0. The van der Waals surface area contributed by atoms with Crippen LogP contribution in [0.15, 0.2) is 36.0 Å². The van der Waals surface area contributed by atoms with Crippen LogP contribution in [0.5, 0.6) is 5.75 Å². The summed E-state index contributed by atoms with van der Waals surface area (Å²) < 4.78 is 1.94. The van der Waals surface area contributed by atoms with E-state index in [0.717, 1.165) is 49.9 Å². The third kappa shape index (κ3) is 2.65. The molecule has 5 atom stereocenters. The molecular formula is C24H30N2O2. The molecule has 2 saturated carbocycles. The van der Waals surface area contributed by atoms with Crippen LogP contribution >= 0.6 is 0 Å². The maximum atomic E-state index is 11.3. The van der Waals surface area contributed by atoms with Crippen LogP contribution in [0.25, 0.3) is 6.08 Å². The first-order valence-corrected chi connectivity index (χ1v) is 10.7. The minimum Gasteiger partial charge on any atom is -0.508 e. The Labute approximate surface area is 166 Å². The van der Waals surface area contributed by atoms with Crippen molar-refractivity contribution in [3.8, 4) is 5.75 Å². The molecular weight excluding hydrogens is 348 g/mol. The Morgan fingerprint density at radius 1 is 1.29 bits per heavy atom. The third-order valence-electron chi connectivity index (χ3n) is 7.90. The molecule has 5 unspecified atom stereocenters. The number of benzene rings is 1. The van der Waals surface area contributed by atoms with Crippen LogP contribution in [0, 0.1) is 17.3 Å². The number of rotatable bonds is 2. The van der Waals surface area contributed by atoms with Gasteiger partial charge in [0.05, 0.1) is 11.8 Å². The Morgan fingerprint density at radius 3 is 2.93 bits per heavy atom. The quantitative estimate of drug-likeness (QED) is 0.808. The van der Waals surface area contributed by atoms with E-state index in [2.05, 4.69) is 31.1 Å². The molecule has 3 aliphatic carbocycles. The summed E-state index contributed by atoms with van der Waals surface area (Å²) in [6, 6.07) is 7.98. The van der Waals surface area contributed by atoms with Gasteiger partial charge in [-0.05, 0) is 97.8 Å². The van der Waals surface area contributed by atoms with E-state index in [0.29, 0.717) is 23.5 Å². The highest BCUT2D eigenvalue weighted by molar-refractivity contribution is 5.52. The molecule has 0 spiro atoms. The van der Waals surface area contributed by atoms with Gasteiger partial charge in [-0.15, -0.1) is 0 Å². The first kappa shape index (κ1) is 18.0.